The lowest BCUT2D eigenvalue weighted by atomic mass is 10.1. The van der Waals surface area contributed by atoms with Gasteiger partial charge in [-0.1, -0.05) is 0 Å². The minimum absolute atomic E-state index is 0.111. The number of hydrogen-bond donors (Lipinski definition) is 2. The van der Waals surface area contributed by atoms with Crippen molar-refractivity contribution in [2.24, 2.45) is 0 Å². The van der Waals surface area contributed by atoms with Crippen molar-refractivity contribution < 1.29 is 19.6 Å². The van der Waals surface area contributed by atoms with Crippen LogP contribution in [0.2, 0.25) is 0 Å². The van der Waals surface area contributed by atoms with Gasteiger partial charge < -0.3 is 15.2 Å². The maximum absolute atomic E-state index is 11.8. The second kappa shape index (κ2) is 6.53. The van der Waals surface area contributed by atoms with Gasteiger partial charge in [0.25, 0.3) is 0 Å². The smallest absolute Gasteiger partial charge is 0.312 e. The van der Waals surface area contributed by atoms with E-state index in [1.54, 1.807) is 0 Å². The molecule has 2 unspecified atom stereocenters. The highest BCUT2D eigenvalue weighted by atomic mass is 16.6. The molecule has 1 amide bonds. The van der Waals surface area contributed by atoms with E-state index in [9.17, 15) is 20.0 Å². The maximum atomic E-state index is 11.8. The summed E-state index contributed by atoms with van der Waals surface area (Å²) in [6, 6.07) is 3.76. The molecule has 0 saturated carbocycles. The Morgan fingerprint density at radius 3 is 2.90 bits per heavy atom. The Balaban J connectivity index is 1.87. The third kappa shape index (κ3) is 4.16. The van der Waals surface area contributed by atoms with E-state index in [2.05, 4.69) is 5.32 Å². The quantitative estimate of drug-likeness (QED) is 0.493. The fourth-order valence-electron chi connectivity index (χ4n) is 2.36. The van der Waals surface area contributed by atoms with Gasteiger partial charge in [0.2, 0.25) is 5.91 Å². The molecule has 1 aliphatic rings. The molecule has 0 radical (unpaired) electrons. The van der Waals surface area contributed by atoms with Gasteiger partial charge in [0.05, 0.1) is 17.1 Å². The first-order valence-electron chi connectivity index (χ1n) is 6.88. The second-order valence-corrected chi connectivity index (χ2v) is 5.19. The van der Waals surface area contributed by atoms with Crippen LogP contribution in [0.25, 0.3) is 0 Å². The average molecular weight is 294 g/mol. The Hall–Kier alpha value is -2.15. The largest absolute Gasteiger partial charge is 0.502 e. The lowest BCUT2D eigenvalue weighted by Gasteiger charge is -2.11. The van der Waals surface area contributed by atoms with Crippen LogP contribution >= 0.6 is 0 Å². The molecular weight excluding hydrogens is 276 g/mol. The van der Waals surface area contributed by atoms with Gasteiger partial charge >= 0.3 is 5.69 Å². The Morgan fingerprint density at radius 1 is 1.52 bits per heavy atom. The molecule has 21 heavy (non-hydrogen) atoms. The third-order valence-electron chi connectivity index (χ3n) is 3.47. The summed E-state index contributed by atoms with van der Waals surface area (Å²) in [5, 5.41) is 22.6. The predicted octanol–water partition coefficient (Wildman–Crippen LogP) is 2.59. The normalized spacial score (nSPS) is 21.2. The maximum Gasteiger partial charge on any atom is 0.312 e. The number of carbonyl (C=O) groups is 1. The van der Waals surface area contributed by atoms with Crippen LogP contribution in [0.1, 0.15) is 32.6 Å². The van der Waals surface area contributed by atoms with Gasteiger partial charge in [0.15, 0.2) is 5.75 Å². The van der Waals surface area contributed by atoms with Crippen LogP contribution < -0.4 is 5.32 Å². The molecule has 7 heteroatoms. The number of benzene rings is 1. The molecule has 2 rings (SSSR count). The van der Waals surface area contributed by atoms with Crippen molar-refractivity contribution in [2.45, 2.75) is 44.8 Å². The van der Waals surface area contributed by atoms with E-state index in [0.29, 0.717) is 18.5 Å². The van der Waals surface area contributed by atoms with Crippen LogP contribution in [0.3, 0.4) is 0 Å². The van der Waals surface area contributed by atoms with Crippen LogP contribution in [-0.4, -0.2) is 28.1 Å². The molecule has 1 aliphatic heterocycles. The summed E-state index contributed by atoms with van der Waals surface area (Å²) in [7, 11) is 0. The average Bonchev–Trinajstić information content (AvgIpc) is 2.84. The number of phenols is 1. The summed E-state index contributed by atoms with van der Waals surface area (Å²) in [5.41, 5.74) is -0.133. The van der Waals surface area contributed by atoms with E-state index >= 15 is 0 Å². The molecule has 1 saturated heterocycles. The second-order valence-electron chi connectivity index (χ2n) is 5.19. The minimum atomic E-state index is -0.696. The Morgan fingerprint density at radius 2 is 2.29 bits per heavy atom. The number of nitrogens with one attached hydrogen (secondary N) is 1. The molecule has 1 aromatic rings. The molecule has 0 bridgehead atoms. The number of phenolic OH excluding ortho intramolecular Hbond substituents is 1. The van der Waals surface area contributed by atoms with Gasteiger partial charge in [-0.15, -0.1) is 0 Å². The fourth-order valence-corrected chi connectivity index (χ4v) is 2.36. The first-order valence-corrected chi connectivity index (χ1v) is 6.88. The number of ether oxygens (including phenoxy) is 1. The van der Waals surface area contributed by atoms with Gasteiger partial charge in [-0.25, -0.2) is 0 Å². The van der Waals surface area contributed by atoms with Gasteiger partial charge in [0.1, 0.15) is 0 Å². The van der Waals surface area contributed by atoms with Crippen LogP contribution in [-0.2, 0) is 9.53 Å². The first-order chi connectivity index (χ1) is 9.95. The van der Waals surface area contributed by atoms with Crippen LogP contribution in [0.4, 0.5) is 11.4 Å². The molecule has 7 nitrogen and oxygen atoms in total. The van der Waals surface area contributed by atoms with Crippen molar-refractivity contribution in [3.05, 3.63) is 28.3 Å². The summed E-state index contributed by atoms with van der Waals surface area (Å²) < 4.78 is 5.63. The summed E-state index contributed by atoms with van der Waals surface area (Å²) >= 11 is 0. The van der Waals surface area contributed by atoms with E-state index in [-0.39, 0.29) is 18.1 Å². The summed E-state index contributed by atoms with van der Waals surface area (Å²) in [6.45, 7) is 2.01. The van der Waals surface area contributed by atoms with Crippen molar-refractivity contribution in [2.75, 3.05) is 5.32 Å². The zero-order valence-electron chi connectivity index (χ0n) is 11.7. The lowest BCUT2D eigenvalue weighted by Crippen LogP contribution is -2.16. The molecule has 1 fully saturated rings. The number of aromatic hydroxyl groups is 1. The van der Waals surface area contributed by atoms with Gasteiger partial charge in [-0.2, -0.15) is 0 Å². The summed E-state index contributed by atoms with van der Waals surface area (Å²) in [5.74, 6) is -0.649. The Bertz CT molecular complexity index is 546. The number of hydrogen-bond acceptors (Lipinski definition) is 5. The van der Waals surface area contributed by atoms with Gasteiger partial charge in [-0.3, -0.25) is 14.9 Å². The van der Waals surface area contributed by atoms with Crippen LogP contribution in [0.15, 0.2) is 18.2 Å². The molecule has 0 aromatic heterocycles. The number of rotatable bonds is 5. The van der Waals surface area contributed by atoms with E-state index in [4.69, 9.17) is 4.74 Å². The molecule has 2 atom stereocenters. The number of nitro groups is 1. The number of carbonyl (C=O) groups excluding carboxylic acids is 1. The monoisotopic (exact) mass is 294 g/mol. The van der Waals surface area contributed by atoms with Crippen molar-refractivity contribution in [1.82, 2.24) is 0 Å². The zero-order chi connectivity index (χ0) is 15.4. The van der Waals surface area contributed by atoms with Crippen molar-refractivity contribution in [1.29, 1.82) is 0 Å². The highest BCUT2D eigenvalue weighted by Crippen LogP contribution is 2.29. The molecule has 0 spiro atoms. The Kier molecular flexibility index (Phi) is 4.74. The number of nitro benzene ring substituents is 1. The van der Waals surface area contributed by atoms with Gasteiger partial charge in [-0.05, 0) is 38.3 Å². The predicted molar refractivity (Wildman–Crippen MR) is 76.2 cm³/mol. The molecule has 2 N–H and O–H groups in total. The van der Waals surface area contributed by atoms with E-state index in [0.717, 1.165) is 18.9 Å². The summed E-state index contributed by atoms with van der Waals surface area (Å²) in [6.07, 6.45) is 3.26. The van der Waals surface area contributed by atoms with Crippen LogP contribution in [0.5, 0.6) is 5.75 Å². The zero-order valence-corrected chi connectivity index (χ0v) is 11.7. The molecule has 1 heterocycles. The van der Waals surface area contributed by atoms with Crippen molar-refractivity contribution >= 4 is 17.3 Å². The molecular formula is C14H18N2O5. The molecule has 0 aliphatic carbocycles. The lowest BCUT2D eigenvalue weighted by molar-refractivity contribution is -0.385. The highest BCUT2D eigenvalue weighted by molar-refractivity contribution is 5.91. The van der Waals surface area contributed by atoms with Gasteiger partial charge in [0, 0.05) is 18.2 Å². The fraction of sp³-hybridized carbons (Fsp3) is 0.500. The first kappa shape index (κ1) is 15.2. The number of amides is 1. The molecule has 114 valence electrons. The number of anilines is 1. The number of nitrogens with zero attached hydrogens (tertiary/aromatic N) is 1. The van der Waals surface area contributed by atoms with E-state index in [1.165, 1.54) is 12.1 Å². The summed E-state index contributed by atoms with van der Waals surface area (Å²) in [4.78, 5) is 21.8. The minimum Gasteiger partial charge on any atom is -0.502 e. The van der Waals surface area contributed by atoms with E-state index in [1.807, 2.05) is 6.92 Å². The standard InChI is InChI=1S/C14H18N2O5/c1-9-2-4-11(21-9)5-7-14(18)15-10-3-6-13(17)12(8-10)16(19)20/h3,6,8-9,11,17H,2,4-5,7H2,1H3,(H,15,18). The van der Waals surface area contributed by atoms with Crippen molar-refractivity contribution in [3.63, 3.8) is 0 Å². The van der Waals surface area contributed by atoms with Crippen molar-refractivity contribution in [3.8, 4) is 5.75 Å². The Labute approximate surface area is 122 Å². The molecule has 1 aromatic carbocycles. The third-order valence-corrected chi connectivity index (χ3v) is 3.47. The van der Waals surface area contributed by atoms with Crippen LogP contribution in [0, 0.1) is 10.1 Å². The highest BCUT2D eigenvalue weighted by Gasteiger charge is 2.22. The topological polar surface area (TPSA) is 102 Å². The SMILES string of the molecule is CC1CCC(CCC(=O)Nc2ccc(O)c([N+](=O)[O-])c2)O1. The van der Waals surface area contributed by atoms with E-state index < -0.39 is 16.4 Å².